The number of hydrogen-bond acceptors (Lipinski definition) is 2. The van der Waals surface area contributed by atoms with Crippen LogP contribution in [0.1, 0.15) is 23.5 Å². The molecule has 0 unspecified atom stereocenters. The quantitative estimate of drug-likeness (QED) is 0.716. The van der Waals surface area contributed by atoms with Crippen molar-refractivity contribution < 1.29 is 4.79 Å². The molecule has 4 nitrogen and oxygen atoms in total. The Labute approximate surface area is 147 Å². The zero-order chi connectivity index (χ0) is 17.2. The Morgan fingerprint density at radius 1 is 1.12 bits per heavy atom. The average Bonchev–Trinajstić information content (AvgIpc) is 3.27. The summed E-state index contributed by atoms with van der Waals surface area (Å²) in [5.74, 6) is 0.763. The van der Waals surface area contributed by atoms with Gasteiger partial charge in [0, 0.05) is 31.9 Å². The van der Waals surface area contributed by atoms with Gasteiger partial charge in [-0.25, -0.2) is 4.68 Å². The molecule has 0 bridgehead atoms. The highest BCUT2D eigenvalue weighted by molar-refractivity contribution is 5.82. The molecule has 126 valence electrons. The van der Waals surface area contributed by atoms with Crippen molar-refractivity contribution in [2.75, 3.05) is 7.05 Å². The maximum Gasteiger partial charge on any atom is 0.226 e. The number of amides is 1. The molecule has 1 amide bonds. The fraction of sp³-hybridized carbons (Fsp3) is 0.238. The van der Waals surface area contributed by atoms with Gasteiger partial charge in [-0.3, -0.25) is 4.79 Å². The van der Waals surface area contributed by atoms with E-state index in [0.29, 0.717) is 12.5 Å². The lowest BCUT2D eigenvalue weighted by Crippen LogP contribution is -2.28. The fourth-order valence-corrected chi connectivity index (χ4v) is 3.35. The fourth-order valence-electron chi connectivity index (χ4n) is 3.35. The second-order valence-corrected chi connectivity index (χ2v) is 6.67. The SMILES string of the molecule is CN(Cc1ccc(-n2cccn2)cc1)C(=O)[C@@H]1C[C@H]1c1ccccc1. The van der Waals surface area contributed by atoms with E-state index in [0.717, 1.165) is 17.7 Å². The number of nitrogens with zero attached hydrogens (tertiary/aromatic N) is 3. The molecule has 1 aromatic heterocycles. The lowest BCUT2D eigenvalue weighted by molar-refractivity contribution is -0.131. The molecule has 0 radical (unpaired) electrons. The number of hydrogen-bond donors (Lipinski definition) is 0. The van der Waals surface area contributed by atoms with E-state index in [1.165, 1.54) is 5.56 Å². The second kappa shape index (κ2) is 6.55. The van der Waals surface area contributed by atoms with Crippen LogP contribution in [0.15, 0.2) is 73.1 Å². The zero-order valence-electron chi connectivity index (χ0n) is 14.2. The van der Waals surface area contributed by atoms with Crippen molar-refractivity contribution in [3.05, 3.63) is 84.2 Å². The number of carbonyl (C=O) groups is 1. The molecule has 1 aliphatic carbocycles. The minimum atomic E-state index is 0.135. The second-order valence-electron chi connectivity index (χ2n) is 6.67. The van der Waals surface area contributed by atoms with Crippen LogP contribution in [0, 0.1) is 5.92 Å². The summed E-state index contributed by atoms with van der Waals surface area (Å²) in [6, 6.07) is 20.4. The standard InChI is InChI=1S/C21H21N3O/c1-23(21(25)20-14-19(20)17-6-3-2-4-7-17)15-16-8-10-18(11-9-16)24-13-5-12-22-24/h2-13,19-20H,14-15H2,1H3/t19-,20+/m0/s1. The van der Waals surface area contributed by atoms with Crippen molar-refractivity contribution in [3.63, 3.8) is 0 Å². The van der Waals surface area contributed by atoms with Crippen molar-refractivity contribution in [2.45, 2.75) is 18.9 Å². The first-order valence-corrected chi connectivity index (χ1v) is 8.61. The summed E-state index contributed by atoms with van der Waals surface area (Å²) in [5.41, 5.74) is 3.43. The molecule has 2 aromatic carbocycles. The van der Waals surface area contributed by atoms with Crippen LogP contribution in [-0.4, -0.2) is 27.6 Å². The van der Waals surface area contributed by atoms with Gasteiger partial charge in [-0.05, 0) is 41.7 Å². The molecule has 1 heterocycles. The van der Waals surface area contributed by atoms with Crippen LogP contribution < -0.4 is 0 Å². The Morgan fingerprint density at radius 3 is 2.56 bits per heavy atom. The maximum atomic E-state index is 12.7. The highest BCUT2D eigenvalue weighted by Gasteiger charge is 2.44. The van der Waals surface area contributed by atoms with Crippen LogP contribution in [0.4, 0.5) is 0 Å². The largest absolute Gasteiger partial charge is 0.341 e. The molecule has 1 fully saturated rings. The summed E-state index contributed by atoms with van der Waals surface area (Å²) in [7, 11) is 1.89. The predicted octanol–water partition coefficient (Wildman–Crippen LogP) is 3.63. The van der Waals surface area contributed by atoms with Crippen molar-refractivity contribution in [1.29, 1.82) is 0 Å². The first-order valence-electron chi connectivity index (χ1n) is 8.61. The molecular formula is C21H21N3O. The molecule has 25 heavy (non-hydrogen) atoms. The summed E-state index contributed by atoms with van der Waals surface area (Å²) >= 11 is 0. The van der Waals surface area contributed by atoms with Gasteiger partial charge in [-0.15, -0.1) is 0 Å². The summed E-state index contributed by atoms with van der Waals surface area (Å²) < 4.78 is 1.83. The smallest absolute Gasteiger partial charge is 0.226 e. The number of rotatable bonds is 5. The van der Waals surface area contributed by atoms with Gasteiger partial charge in [-0.1, -0.05) is 42.5 Å². The predicted molar refractivity (Wildman–Crippen MR) is 97.3 cm³/mol. The highest BCUT2D eigenvalue weighted by Crippen LogP contribution is 2.48. The molecule has 2 atom stereocenters. The van der Waals surface area contributed by atoms with Crippen LogP contribution in [-0.2, 0) is 11.3 Å². The Hall–Kier alpha value is -2.88. The van der Waals surface area contributed by atoms with Crippen molar-refractivity contribution >= 4 is 5.91 Å². The topological polar surface area (TPSA) is 38.1 Å². The molecule has 0 spiro atoms. The van der Waals surface area contributed by atoms with E-state index in [4.69, 9.17) is 0 Å². The minimum absolute atomic E-state index is 0.135. The molecule has 0 saturated heterocycles. The van der Waals surface area contributed by atoms with Crippen LogP contribution in [0.3, 0.4) is 0 Å². The van der Waals surface area contributed by atoms with Gasteiger partial charge >= 0.3 is 0 Å². The van der Waals surface area contributed by atoms with Gasteiger partial charge in [0.05, 0.1) is 5.69 Å². The third-order valence-electron chi connectivity index (χ3n) is 4.84. The average molecular weight is 331 g/mol. The van der Waals surface area contributed by atoms with E-state index in [9.17, 15) is 4.79 Å². The van der Waals surface area contributed by atoms with E-state index in [1.54, 1.807) is 6.20 Å². The van der Waals surface area contributed by atoms with Gasteiger partial charge < -0.3 is 4.90 Å². The lowest BCUT2D eigenvalue weighted by atomic mass is 10.1. The Balaban J connectivity index is 1.37. The molecule has 4 heteroatoms. The Morgan fingerprint density at radius 2 is 1.88 bits per heavy atom. The Bertz CT molecular complexity index is 841. The summed E-state index contributed by atoms with van der Waals surface area (Å²) in [4.78, 5) is 14.5. The van der Waals surface area contributed by atoms with E-state index >= 15 is 0 Å². The van der Waals surface area contributed by atoms with Crippen molar-refractivity contribution in [3.8, 4) is 5.69 Å². The molecule has 0 N–H and O–H groups in total. The minimum Gasteiger partial charge on any atom is -0.341 e. The van der Waals surface area contributed by atoms with Crippen LogP contribution in [0.2, 0.25) is 0 Å². The number of carbonyl (C=O) groups excluding carboxylic acids is 1. The number of aromatic nitrogens is 2. The van der Waals surface area contributed by atoms with Crippen molar-refractivity contribution in [2.24, 2.45) is 5.92 Å². The van der Waals surface area contributed by atoms with Gasteiger partial charge in [-0.2, -0.15) is 5.10 Å². The molecular weight excluding hydrogens is 310 g/mol. The van der Waals surface area contributed by atoms with E-state index < -0.39 is 0 Å². The van der Waals surface area contributed by atoms with E-state index in [-0.39, 0.29) is 11.8 Å². The summed E-state index contributed by atoms with van der Waals surface area (Å²) in [6.45, 7) is 0.635. The first-order chi connectivity index (χ1) is 12.2. The third kappa shape index (κ3) is 3.33. The van der Waals surface area contributed by atoms with Crippen LogP contribution >= 0.6 is 0 Å². The first kappa shape index (κ1) is 15.6. The molecule has 1 saturated carbocycles. The molecule has 0 aliphatic heterocycles. The Kier molecular flexibility index (Phi) is 4.10. The highest BCUT2D eigenvalue weighted by atomic mass is 16.2. The van der Waals surface area contributed by atoms with Crippen LogP contribution in [0.25, 0.3) is 5.69 Å². The van der Waals surface area contributed by atoms with E-state index in [2.05, 4.69) is 29.4 Å². The van der Waals surface area contributed by atoms with E-state index in [1.807, 2.05) is 59.2 Å². The summed E-state index contributed by atoms with van der Waals surface area (Å²) in [5, 5.41) is 4.23. The zero-order valence-corrected chi connectivity index (χ0v) is 14.2. The van der Waals surface area contributed by atoms with Gasteiger partial charge in [0.25, 0.3) is 0 Å². The van der Waals surface area contributed by atoms with Gasteiger partial charge in [0.1, 0.15) is 0 Å². The van der Waals surface area contributed by atoms with Gasteiger partial charge in [0.15, 0.2) is 0 Å². The lowest BCUT2D eigenvalue weighted by Gasteiger charge is -2.18. The molecule has 4 rings (SSSR count). The normalized spacial score (nSPS) is 18.8. The maximum absolute atomic E-state index is 12.7. The molecule has 3 aromatic rings. The number of benzene rings is 2. The molecule has 1 aliphatic rings. The van der Waals surface area contributed by atoms with Gasteiger partial charge in [0.2, 0.25) is 5.91 Å². The monoisotopic (exact) mass is 331 g/mol. The van der Waals surface area contributed by atoms with Crippen LogP contribution in [0.5, 0.6) is 0 Å². The van der Waals surface area contributed by atoms with Crippen molar-refractivity contribution in [1.82, 2.24) is 14.7 Å². The summed E-state index contributed by atoms with van der Waals surface area (Å²) in [6.07, 6.45) is 4.64. The third-order valence-corrected chi connectivity index (χ3v) is 4.84.